The molecule has 0 saturated heterocycles. The van der Waals surface area contributed by atoms with E-state index >= 15 is 0 Å². The van der Waals surface area contributed by atoms with Crippen molar-refractivity contribution in [3.63, 3.8) is 0 Å². The third-order valence-electron chi connectivity index (χ3n) is 5.09. The van der Waals surface area contributed by atoms with Crippen molar-refractivity contribution in [2.45, 2.75) is 0 Å². The SMILES string of the molecule is Br[P+]12c3cccc4cccc(c34)P1c1cccc3cccc2c13. The highest BCUT2D eigenvalue weighted by molar-refractivity contribution is 9.50. The van der Waals surface area contributed by atoms with E-state index in [1.165, 1.54) is 21.5 Å². The van der Waals surface area contributed by atoms with E-state index in [0.717, 1.165) is 0 Å². The summed E-state index contributed by atoms with van der Waals surface area (Å²) in [5.74, 6) is 0. The first kappa shape index (κ1) is 13.1. The molecule has 0 amide bonds. The molecule has 4 aromatic carbocycles. The fraction of sp³-hybridized carbons (Fsp3) is 0. The molecule has 0 radical (unpaired) electrons. The monoisotopic (exact) mass is 393 g/mol. The predicted octanol–water partition coefficient (Wildman–Crippen LogP) is 4.95. The van der Waals surface area contributed by atoms with Crippen LogP contribution in [0, 0.1) is 0 Å². The number of fused-ring (bicyclic) bond motifs is 5. The van der Waals surface area contributed by atoms with Crippen LogP contribution in [-0.2, 0) is 0 Å². The van der Waals surface area contributed by atoms with Crippen molar-refractivity contribution in [2.75, 3.05) is 0 Å². The lowest BCUT2D eigenvalue weighted by Gasteiger charge is -2.16. The van der Waals surface area contributed by atoms with E-state index in [2.05, 4.69) is 88.3 Å². The van der Waals surface area contributed by atoms with Crippen LogP contribution < -0.4 is 21.2 Å². The Hall–Kier alpha value is -1.26. The fourth-order valence-corrected chi connectivity index (χ4v) is 18.9. The average molecular weight is 394 g/mol. The highest BCUT2D eigenvalue weighted by Gasteiger charge is 2.62. The van der Waals surface area contributed by atoms with Crippen LogP contribution >= 0.6 is 28.8 Å². The van der Waals surface area contributed by atoms with Gasteiger partial charge in [0, 0.05) is 21.4 Å². The first-order valence-electron chi connectivity index (χ1n) is 7.74. The minimum atomic E-state index is -1.52. The van der Waals surface area contributed by atoms with Crippen LogP contribution in [-0.4, -0.2) is 0 Å². The van der Waals surface area contributed by atoms with Gasteiger partial charge in [0.05, 0.1) is 0 Å². The van der Waals surface area contributed by atoms with Gasteiger partial charge in [-0.05, 0) is 35.0 Å². The molecule has 2 aliphatic heterocycles. The Morgan fingerprint density at radius 3 is 1.52 bits per heavy atom. The molecule has 23 heavy (non-hydrogen) atoms. The van der Waals surface area contributed by atoms with Crippen LogP contribution in [0.2, 0.25) is 0 Å². The summed E-state index contributed by atoms with van der Waals surface area (Å²) in [6.07, 6.45) is 0. The molecule has 0 aliphatic carbocycles. The lowest BCUT2D eigenvalue weighted by Crippen LogP contribution is -2.12. The summed E-state index contributed by atoms with van der Waals surface area (Å²) in [7, 11) is -0.338. The topological polar surface area (TPSA) is 0 Å². The van der Waals surface area contributed by atoms with E-state index < -0.39 is 5.65 Å². The van der Waals surface area contributed by atoms with Gasteiger partial charge in [-0.2, -0.15) is 0 Å². The highest BCUT2D eigenvalue weighted by atomic mass is 79.9. The lowest BCUT2D eigenvalue weighted by atomic mass is 10.1. The third kappa shape index (κ3) is 1.38. The second-order valence-corrected chi connectivity index (χ2v) is 17.7. The van der Waals surface area contributed by atoms with Gasteiger partial charge in [0.25, 0.3) is 0 Å². The molecule has 0 saturated carbocycles. The number of hydrogen-bond donors (Lipinski definition) is 0. The molecule has 108 valence electrons. The number of halogens is 1. The van der Waals surface area contributed by atoms with Crippen molar-refractivity contribution in [1.82, 2.24) is 0 Å². The second kappa shape index (κ2) is 4.22. The van der Waals surface area contributed by atoms with Gasteiger partial charge in [0.15, 0.2) is 21.1 Å². The minimum absolute atomic E-state index is 0.338. The van der Waals surface area contributed by atoms with Gasteiger partial charge in [-0.1, -0.05) is 48.5 Å². The summed E-state index contributed by atoms with van der Waals surface area (Å²) in [6.45, 7) is 0. The maximum Gasteiger partial charge on any atom is 0.177 e. The van der Waals surface area contributed by atoms with E-state index in [4.69, 9.17) is 0 Å². The summed E-state index contributed by atoms with van der Waals surface area (Å²) in [6, 6.07) is 27.4. The maximum absolute atomic E-state index is 4.36. The van der Waals surface area contributed by atoms with E-state index in [1.807, 2.05) is 0 Å². The van der Waals surface area contributed by atoms with Crippen molar-refractivity contribution in [3.8, 4) is 0 Å². The summed E-state index contributed by atoms with van der Waals surface area (Å²) in [4.78, 5) is 0. The Bertz CT molecular complexity index is 1050. The van der Waals surface area contributed by atoms with Crippen molar-refractivity contribution >= 4 is 71.5 Å². The molecule has 0 nitrogen and oxygen atoms in total. The fourth-order valence-electron chi connectivity index (χ4n) is 4.22. The molecule has 2 heterocycles. The Labute approximate surface area is 144 Å². The van der Waals surface area contributed by atoms with Crippen LogP contribution in [0.5, 0.6) is 0 Å². The standard InChI is InChI=1S/C20H12BrP2/c21-23-17-11-3-7-13-5-1-9-15(19(13)17)22(23)16-10-2-6-14-8-4-12-18(23)20(14)16/h1-12H/q+1. The van der Waals surface area contributed by atoms with Crippen molar-refractivity contribution in [1.29, 1.82) is 0 Å². The average Bonchev–Trinajstić information content (AvgIpc) is 3.00. The number of benzene rings is 4. The van der Waals surface area contributed by atoms with Gasteiger partial charge in [-0.25, -0.2) is 0 Å². The molecule has 3 heteroatoms. The Balaban J connectivity index is 1.87. The molecule has 6 rings (SSSR count). The largest absolute Gasteiger partial charge is 0.177 e. The Morgan fingerprint density at radius 1 is 0.609 bits per heavy atom. The second-order valence-electron chi connectivity index (χ2n) is 6.17. The molecule has 0 atom stereocenters. The quantitative estimate of drug-likeness (QED) is 0.371. The Kier molecular flexibility index (Phi) is 2.40. The first-order chi connectivity index (χ1) is 11.3. The third-order valence-corrected chi connectivity index (χ3v) is 18.7. The van der Waals surface area contributed by atoms with Crippen LogP contribution in [0.25, 0.3) is 21.5 Å². The van der Waals surface area contributed by atoms with Crippen LogP contribution in [0.1, 0.15) is 0 Å². The van der Waals surface area contributed by atoms with E-state index in [-0.39, 0.29) is 7.61 Å². The van der Waals surface area contributed by atoms with E-state index in [0.29, 0.717) is 0 Å². The van der Waals surface area contributed by atoms with Gasteiger partial charge >= 0.3 is 0 Å². The van der Waals surface area contributed by atoms with E-state index in [1.54, 1.807) is 21.2 Å². The van der Waals surface area contributed by atoms with Gasteiger partial charge in [-0.15, -0.1) is 0 Å². The molecule has 0 spiro atoms. The van der Waals surface area contributed by atoms with Crippen molar-refractivity contribution in [3.05, 3.63) is 72.8 Å². The zero-order chi connectivity index (χ0) is 15.2. The number of rotatable bonds is 0. The maximum atomic E-state index is 4.36. The van der Waals surface area contributed by atoms with Gasteiger partial charge in [0.1, 0.15) is 18.2 Å². The van der Waals surface area contributed by atoms with Crippen LogP contribution in [0.15, 0.2) is 72.8 Å². The summed E-state index contributed by atoms with van der Waals surface area (Å²) in [5, 5.41) is 12.1. The zero-order valence-electron chi connectivity index (χ0n) is 12.2. The summed E-state index contributed by atoms with van der Waals surface area (Å²) >= 11 is 4.36. The van der Waals surface area contributed by atoms with Gasteiger partial charge in [-0.3, -0.25) is 0 Å². The Morgan fingerprint density at radius 2 is 1.04 bits per heavy atom. The molecule has 0 fully saturated rings. The highest BCUT2D eigenvalue weighted by Crippen LogP contribution is 2.91. The molecule has 0 N–H and O–H groups in total. The molecule has 0 unspecified atom stereocenters. The summed E-state index contributed by atoms with van der Waals surface area (Å²) in [5.41, 5.74) is -1.52. The number of hydrogen-bond acceptors (Lipinski definition) is 0. The summed E-state index contributed by atoms with van der Waals surface area (Å²) < 4.78 is 0. The zero-order valence-corrected chi connectivity index (χ0v) is 15.6. The van der Waals surface area contributed by atoms with Gasteiger partial charge in [0.2, 0.25) is 0 Å². The minimum Gasteiger partial charge on any atom is -0.0608 e. The predicted molar refractivity (Wildman–Crippen MR) is 109 cm³/mol. The van der Waals surface area contributed by atoms with E-state index in [9.17, 15) is 0 Å². The molecule has 2 aliphatic rings. The smallest absolute Gasteiger partial charge is 0.0608 e. The normalized spacial score (nSPS) is 23.6. The molecular weight excluding hydrogens is 382 g/mol. The lowest BCUT2D eigenvalue weighted by molar-refractivity contribution is 1.81. The molecular formula is C20H12BrP2+. The van der Waals surface area contributed by atoms with Crippen LogP contribution in [0.4, 0.5) is 0 Å². The first-order valence-corrected chi connectivity index (χ1v) is 13.6. The van der Waals surface area contributed by atoms with Crippen molar-refractivity contribution < 1.29 is 0 Å². The van der Waals surface area contributed by atoms with Crippen molar-refractivity contribution in [2.24, 2.45) is 0 Å². The molecule has 0 aromatic heterocycles. The molecule has 0 bridgehead atoms. The van der Waals surface area contributed by atoms with Crippen LogP contribution in [0.3, 0.4) is 0 Å². The molecule has 4 aromatic rings. The van der Waals surface area contributed by atoms with Gasteiger partial charge < -0.3 is 0 Å².